The zero-order valence-electron chi connectivity index (χ0n) is 25.1. The van der Waals surface area contributed by atoms with E-state index in [4.69, 9.17) is 4.74 Å². The van der Waals surface area contributed by atoms with Crippen molar-refractivity contribution in [2.75, 3.05) is 55.9 Å². The molecule has 1 aliphatic heterocycles. The summed E-state index contributed by atoms with van der Waals surface area (Å²) < 4.78 is 5.20. The van der Waals surface area contributed by atoms with Crippen molar-refractivity contribution in [1.29, 1.82) is 0 Å². The third-order valence-corrected chi connectivity index (χ3v) is 8.29. The Labute approximate surface area is 253 Å². The standard InChI is InChI=1S/C34H41N5O4/c1-37(24-25-9-4-3-5-10-25)33(41)30-23-28(35-32(40)26-11-6-7-12-26)15-18-31(30)38-19-8-20-39(22-21-38)34(42)36-27-13-16-29(43-2)17-14-27/h3-5,9-10,13-18,23,26H,6-8,11-12,19-22,24H2,1-2H3,(H,35,40)(H,36,42). The second-order valence-corrected chi connectivity index (χ2v) is 11.3. The molecule has 43 heavy (non-hydrogen) atoms. The lowest BCUT2D eigenvalue weighted by Crippen LogP contribution is -2.38. The molecule has 0 spiro atoms. The van der Waals surface area contributed by atoms with Crippen LogP contribution in [0.15, 0.2) is 72.8 Å². The lowest BCUT2D eigenvalue weighted by atomic mass is 10.1. The van der Waals surface area contributed by atoms with Crippen LogP contribution in [0.25, 0.3) is 0 Å². The molecule has 9 heteroatoms. The predicted octanol–water partition coefficient (Wildman–Crippen LogP) is 5.84. The average Bonchev–Trinajstić information content (AvgIpc) is 3.47. The van der Waals surface area contributed by atoms with Gasteiger partial charge in [-0.15, -0.1) is 0 Å². The van der Waals surface area contributed by atoms with Crippen LogP contribution in [-0.4, -0.2) is 68.0 Å². The molecule has 0 aromatic heterocycles. The van der Waals surface area contributed by atoms with E-state index in [-0.39, 0.29) is 23.8 Å². The number of rotatable bonds is 8. The van der Waals surface area contributed by atoms with E-state index in [0.29, 0.717) is 49.7 Å². The minimum Gasteiger partial charge on any atom is -0.497 e. The largest absolute Gasteiger partial charge is 0.497 e. The lowest BCUT2D eigenvalue weighted by molar-refractivity contribution is -0.119. The molecule has 2 fully saturated rings. The van der Waals surface area contributed by atoms with Gasteiger partial charge < -0.3 is 30.1 Å². The van der Waals surface area contributed by atoms with Crippen molar-refractivity contribution in [1.82, 2.24) is 9.80 Å². The van der Waals surface area contributed by atoms with Gasteiger partial charge in [-0.1, -0.05) is 43.2 Å². The average molecular weight is 584 g/mol. The monoisotopic (exact) mass is 583 g/mol. The van der Waals surface area contributed by atoms with E-state index in [1.807, 2.05) is 77.7 Å². The number of carbonyl (C=O) groups excluding carboxylic acids is 3. The highest BCUT2D eigenvalue weighted by atomic mass is 16.5. The first kappa shape index (κ1) is 29.9. The molecule has 4 amide bonds. The number of ether oxygens (including phenoxy) is 1. The number of hydrogen-bond donors (Lipinski definition) is 2. The fourth-order valence-corrected chi connectivity index (χ4v) is 5.87. The summed E-state index contributed by atoms with van der Waals surface area (Å²) in [6.45, 7) is 2.85. The highest BCUT2D eigenvalue weighted by Gasteiger charge is 2.26. The molecule has 2 N–H and O–H groups in total. The van der Waals surface area contributed by atoms with Crippen molar-refractivity contribution in [2.24, 2.45) is 5.92 Å². The number of hydrogen-bond acceptors (Lipinski definition) is 5. The van der Waals surface area contributed by atoms with E-state index >= 15 is 0 Å². The number of urea groups is 1. The molecule has 226 valence electrons. The Morgan fingerprint density at radius 2 is 1.56 bits per heavy atom. The van der Waals surface area contributed by atoms with E-state index in [1.54, 1.807) is 19.1 Å². The molecule has 1 aliphatic carbocycles. The van der Waals surface area contributed by atoms with Gasteiger partial charge in [0, 0.05) is 62.8 Å². The summed E-state index contributed by atoms with van der Waals surface area (Å²) in [5.41, 5.74) is 3.72. The van der Waals surface area contributed by atoms with Crippen LogP contribution in [0.3, 0.4) is 0 Å². The van der Waals surface area contributed by atoms with Gasteiger partial charge in [0.25, 0.3) is 5.91 Å². The molecule has 5 rings (SSSR count). The number of benzene rings is 3. The summed E-state index contributed by atoms with van der Waals surface area (Å²) in [5.74, 6) is 0.663. The fourth-order valence-electron chi connectivity index (χ4n) is 5.87. The van der Waals surface area contributed by atoms with E-state index in [2.05, 4.69) is 15.5 Å². The summed E-state index contributed by atoms with van der Waals surface area (Å²) in [4.78, 5) is 45.6. The second-order valence-electron chi connectivity index (χ2n) is 11.3. The van der Waals surface area contributed by atoms with Crippen molar-refractivity contribution in [2.45, 2.75) is 38.6 Å². The fraction of sp³-hybridized carbons (Fsp3) is 0.382. The van der Waals surface area contributed by atoms with Crippen molar-refractivity contribution in [3.63, 3.8) is 0 Å². The Morgan fingerprint density at radius 3 is 2.28 bits per heavy atom. The first-order chi connectivity index (χ1) is 20.9. The Kier molecular flexibility index (Phi) is 9.81. The van der Waals surface area contributed by atoms with Crippen LogP contribution in [0.1, 0.15) is 48.0 Å². The van der Waals surface area contributed by atoms with Crippen molar-refractivity contribution in [3.8, 4) is 5.75 Å². The van der Waals surface area contributed by atoms with E-state index in [9.17, 15) is 14.4 Å². The van der Waals surface area contributed by atoms with Gasteiger partial charge in [0.2, 0.25) is 5.91 Å². The van der Waals surface area contributed by atoms with Gasteiger partial charge in [0.1, 0.15) is 5.75 Å². The third kappa shape index (κ3) is 7.66. The zero-order chi connectivity index (χ0) is 30.2. The smallest absolute Gasteiger partial charge is 0.321 e. The highest BCUT2D eigenvalue weighted by molar-refractivity contribution is 6.02. The topological polar surface area (TPSA) is 94.2 Å². The van der Waals surface area contributed by atoms with E-state index in [0.717, 1.165) is 49.1 Å². The minimum absolute atomic E-state index is 0.0228. The molecule has 3 aromatic carbocycles. The van der Waals surface area contributed by atoms with Crippen LogP contribution in [-0.2, 0) is 11.3 Å². The van der Waals surface area contributed by atoms with Gasteiger partial charge in [-0.05, 0) is 67.3 Å². The molecule has 1 saturated heterocycles. The SMILES string of the molecule is COc1ccc(NC(=O)N2CCCN(c3ccc(NC(=O)C4CCCC4)cc3C(=O)N(C)Cc3ccccc3)CC2)cc1. The molecule has 9 nitrogen and oxygen atoms in total. The maximum atomic E-state index is 13.9. The van der Waals surface area contributed by atoms with Gasteiger partial charge in [-0.2, -0.15) is 0 Å². The molecule has 1 saturated carbocycles. The molecule has 1 heterocycles. The van der Waals surface area contributed by atoms with Crippen LogP contribution in [0.5, 0.6) is 5.75 Å². The number of amides is 4. The van der Waals surface area contributed by atoms with Crippen LogP contribution in [0.4, 0.5) is 21.9 Å². The molecule has 0 unspecified atom stereocenters. The van der Waals surface area contributed by atoms with Crippen LogP contribution in [0.2, 0.25) is 0 Å². The number of anilines is 3. The van der Waals surface area contributed by atoms with Crippen LogP contribution < -0.4 is 20.3 Å². The van der Waals surface area contributed by atoms with Gasteiger partial charge in [-0.25, -0.2) is 4.79 Å². The Hall–Kier alpha value is -4.53. The maximum Gasteiger partial charge on any atom is 0.321 e. The summed E-state index contributed by atoms with van der Waals surface area (Å²) in [6, 6.07) is 22.6. The molecule has 3 aromatic rings. The first-order valence-electron chi connectivity index (χ1n) is 15.1. The summed E-state index contributed by atoms with van der Waals surface area (Å²) in [7, 11) is 3.41. The molecule has 0 bridgehead atoms. The van der Waals surface area contributed by atoms with Crippen molar-refractivity contribution >= 4 is 34.9 Å². The molecule has 2 aliphatic rings. The Bertz CT molecular complexity index is 1410. The van der Waals surface area contributed by atoms with Crippen LogP contribution >= 0.6 is 0 Å². The molecular formula is C34H41N5O4. The number of methoxy groups -OCH3 is 1. The van der Waals surface area contributed by atoms with E-state index < -0.39 is 0 Å². The molecular weight excluding hydrogens is 542 g/mol. The number of carbonyl (C=O) groups is 3. The summed E-state index contributed by atoms with van der Waals surface area (Å²) >= 11 is 0. The summed E-state index contributed by atoms with van der Waals surface area (Å²) in [6.07, 6.45) is 4.73. The zero-order valence-corrected chi connectivity index (χ0v) is 25.1. The third-order valence-electron chi connectivity index (χ3n) is 8.29. The first-order valence-corrected chi connectivity index (χ1v) is 15.1. The predicted molar refractivity (Wildman–Crippen MR) is 170 cm³/mol. The number of nitrogens with one attached hydrogen (secondary N) is 2. The maximum absolute atomic E-state index is 13.9. The second kappa shape index (κ2) is 14.1. The lowest BCUT2D eigenvalue weighted by Gasteiger charge is -2.28. The van der Waals surface area contributed by atoms with Crippen LogP contribution in [0, 0.1) is 5.92 Å². The Morgan fingerprint density at radius 1 is 0.837 bits per heavy atom. The summed E-state index contributed by atoms with van der Waals surface area (Å²) in [5, 5.41) is 6.04. The minimum atomic E-state index is -0.157. The van der Waals surface area contributed by atoms with Gasteiger partial charge in [0.05, 0.1) is 12.7 Å². The van der Waals surface area contributed by atoms with Crippen molar-refractivity contribution < 1.29 is 19.1 Å². The van der Waals surface area contributed by atoms with Gasteiger partial charge in [0.15, 0.2) is 0 Å². The van der Waals surface area contributed by atoms with E-state index in [1.165, 1.54) is 0 Å². The molecule has 0 radical (unpaired) electrons. The highest BCUT2D eigenvalue weighted by Crippen LogP contribution is 2.30. The van der Waals surface area contributed by atoms with Gasteiger partial charge >= 0.3 is 6.03 Å². The van der Waals surface area contributed by atoms with Gasteiger partial charge in [-0.3, -0.25) is 9.59 Å². The molecule has 0 atom stereocenters. The quantitative estimate of drug-likeness (QED) is 0.348. The Balaban J connectivity index is 1.32. The number of nitrogens with zero attached hydrogens (tertiary/aromatic N) is 3. The normalized spacial score (nSPS) is 15.5. The van der Waals surface area contributed by atoms with Crippen molar-refractivity contribution in [3.05, 3.63) is 83.9 Å².